The molecule has 1 amide bonds. The number of rotatable bonds is 3. The van der Waals surface area contributed by atoms with E-state index in [2.05, 4.69) is 10.6 Å². The molecular formula is C13H20N2O2. The molecule has 1 fully saturated rings. The van der Waals surface area contributed by atoms with E-state index in [0.29, 0.717) is 0 Å². The molecule has 4 nitrogen and oxygen atoms in total. The Hall–Kier alpha value is -1.29. The van der Waals surface area contributed by atoms with Crippen LogP contribution >= 0.6 is 0 Å². The number of carbonyl (C=O) groups excluding carboxylic acids is 1. The highest BCUT2D eigenvalue weighted by Crippen LogP contribution is 2.17. The maximum atomic E-state index is 11.8. The lowest BCUT2D eigenvalue weighted by atomic mass is 10.1. The van der Waals surface area contributed by atoms with Crippen molar-refractivity contribution in [3.05, 3.63) is 23.7 Å². The van der Waals surface area contributed by atoms with Crippen molar-refractivity contribution in [1.29, 1.82) is 0 Å². The Morgan fingerprint density at radius 3 is 3.00 bits per heavy atom. The third-order valence-corrected chi connectivity index (χ3v) is 3.17. The molecule has 2 heterocycles. The molecule has 1 saturated heterocycles. The van der Waals surface area contributed by atoms with Crippen molar-refractivity contribution in [2.24, 2.45) is 0 Å². The van der Waals surface area contributed by atoms with Gasteiger partial charge in [-0.25, -0.2) is 0 Å². The number of hydrogen-bond acceptors (Lipinski definition) is 3. The summed E-state index contributed by atoms with van der Waals surface area (Å²) in [7, 11) is 0. The van der Waals surface area contributed by atoms with Gasteiger partial charge >= 0.3 is 0 Å². The summed E-state index contributed by atoms with van der Waals surface area (Å²) in [4.78, 5) is 11.8. The number of carbonyl (C=O) groups is 1. The maximum absolute atomic E-state index is 11.8. The van der Waals surface area contributed by atoms with E-state index in [0.717, 1.165) is 37.3 Å². The van der Waals surface area contributed by atoms with Crippen LogP contribution in [0.1, 0.15) is 43.7 Å². The fourth-order valence-electron chi connectivity index (χ4n) is 2.17. The van der Waals surface area contributed by atoms with Crippen molar-refractivity contribution in [2.45, 2.75) is 45.2 Å². The van der Waals surface area contributed by atoms with Crippen LogP contribution < -0.4 is 10.6 Å². The van der Waals surface area contributed by atoms with E-state index in [-0.39, 0.29) is 18.0 Å². The molecule has 0 aliphatic carbocycles. The van der Waals surface area contributed by atoms with Crippen molar-refractivity contribution in [1.82, 2.24) is 10.6 Å². The number of furan rings is 1. The third-order valence-electron chi connectivity index (χ3n) is 3.17. The summed E-state index contributed by atoms with van der Waals surface area (Å²) in [6.07, 6.45) is 3.05. The smallest absolute Gasteiger partial charge is 0.237 e. The largest absolute Gasteiger partial charge is 0.465 e. The molecule has 0 radical (unpaired) electrons. The minimum atomic E-state index is -0.0992. The van der Waals surface area contributed by atoms with Crippen molar-refractivity contribution < 1.29 is 9.21 Å². The van der Waals surface area contributed by atoms with E-state index in [1.54, 1.807) is 0 Å². The second kappa shape index (κ2) is 5.36. The second-order valence-corrected chi connectivity index (χ2v) is 4.68. The lowest BCUT2D eigenvalue weighted by Crippen LogP contribution is -2.43. The summed E-state index contributed by atoms with van der Waals surface area (Å²) in [5, 5.41) is 6.26. The van der Waals surface area contributed by atoms with Crippen LogP contribution in [0.15, 0.2) is 16.5 Å². The lowest BCUT2D eigenvalue weighted by molar-refractivity contribution is -0.123. The minimum absolute atomic E-state index is 0.0672. The number of nitrogens with one attached hydrogen (secondary N) is 2. The van der Waals surface area contributed by atoms with E-state index < -0.39 is 0 Å². The van der Waals surface area contributed by atoms with E-state index in [9.17, 15) is 4.79 Å². The fourth-order valence-corrected chi connectivity index (χ4v) is 2.17. The predicted molar refractivity (Wildman–Crippen MR) is 65.6 cm³/mol. The molecule has 0 spiro atoms. The molecule has 1 aromatic heterocycles. The number of hydrogen-bond donors (Lipinski definition) is 2. The average Bonchev–Trinajstić information content (AvgIpc) is 2.63. The summed E-state index contributed by atoms with van der Waals surface area (Å²) < 4.78 is 5.56. The van der Waals surface area contributed by atoms with Crippen LogP contribution in [-0.2, 0) is 4.79 Å². The van der Waals surface area contributed by atoms with Gasteiger partial charge in [0.1, 0.15) is 11.5 Å². The fraction of sp³-hybridized carbons (Fsp3) is 0.615. The van der Waals surface area contributed by atoms with Gasteiger partial charge in [-0.1, -0.05) is 0 Å². The Morgan fingerprint density at radius 1 is 1.47 bits per heavy atom. The quantitative estimate of drug-likeness (QED) is 0.843. The summed E-state index contributed by atoms with van der Waals surface area (Å²) in [6.45, 7) is 4.75. The molecule has 0 saturated carbocycles. The zero-order valence-electron chi connectivity index (χ0n) is 10.5. The average molecular weight is 236 g/mol. The number of amides is 1. The van der Waals surface area contributed by atoms with E-state index in [4.69, 9.17) is 4.42 Å². The Balaban J connectivity index is 1.97. The van der Waals surface area contributed by atoms with Gasteiger partial charge in [-0.15, -0.1) is 0 Å². The predicted octanol–water partition coefficient (Wildman–Crippen LogP) is 1.91. The Labute approximate surface area is 102 Å². The maximum Gasteiger partial charge on any atom is 0.237 e. The molecule has 2 atom stereocenters. The van der Waals surface area contributed by atoms with Gasteiger partial charge in [-0.3, -0.25) is 10.1 Å². The summed E-state index contributed by atoms with van der Waals surface area (Å²) in [5.74, 6) is 1.90. The van der Waals surface area contributed by atoms with Crippen molar-refractivity contribution in [3.8, 4) is 0 Å². The lowest BCUT2D eigenvalue weighted by Gasteiger charge is -2.19. The molecular weight excluding hydrogens is 216 g/mol. The van der Waals surface area contributed by atoms with Gasteiger partial charge in [0.15, 0.2) is 0 Å². The first-order chi connectivity index (χ1) is 8.16. The van der Waals surface area contributed by atoms with E-state index >= 15 is 0 Å². The van der Waals surface area contributed by atoms with E-state index in [1.165, 1.54) is 0 Å². The molecule has 94 valence electrons. The Kier molecular flexibility index (Phi) is 3.84. The first-order valence-electron chi connectivity index (χ1n) is 6.27. The zero-order chi connectivity index (χ0) is 12.3. The topological polar surface area (TPSA) is 54.3 Å². The van der Waals surface area contributed by atoms with Crippen LogP contribution in [0.2, 0.25) is 0 Å². The summed E-state index contributed by atoms with van der Waals surface area (Å²) in [5.41, 5.74) is 0. The standard InChI is InChI=1S/C13H20N2O2/c1-9-6-7-12(17-9)10(2)15-11-5-3-4-8-14-13(11)16/h6-7,10-11,15H,3-5,8H2,1-2H3,(H,14,16). The van der Waals surface area contributed by atoms with Gasteiger partial charge in [0.2, 0.25) is 5.91 Å². The monoisotopic (exact) mass is 236 g/mol. The van der Waals surface area contributed by atoms with Crippen molar-refractivity contribution in [2.75, 3.05) is 6.54 Å². The Bertz CT molecular complexity index is 387. The highest BCUT2D eigenvalue weighted by Gasteiger charge is 2.23. The molecule has 1 aliphatic rings. The molecule has 2 N–H and O–H groups in total. The molecule has 1 aliphatic heterocycles. The minimum Gasteiger partial charge on any atom is -0.465 e. The zero-order valence-corrected chi connectivity index (χ0v) is 10.5. The second-order valence-electron chi connectivity index (χ2n) is 4.68. The van der Waals surface area contributed by atoms with Crippen LogP contribution in [0.3, 0.4) is 0 Å². The molecule has 2 rings (SSSR count). The van der Waals surface area contributed by atoms with Gasteiger partial charge < -0.3 is 9.73 Å². The highest BCUT2D eigenvalue weighted by atomic mass is 16.3. The van der Waals surface area contributed by atoms with Crippen molar-refractivity contribution >= 4 is 5.91 Å². The van der Waals surface area contributed by atoms with Gasteiger partial charge in [0.05, 0.1) is 12.1 Å². The van der Waals surface area contributed by atoms with E-state index in [1.807, 2.05) is 26.0 Å². The number of aryl methyl sites for hydroxylation is 1. The van der Waals surface area contributed by atoms with Crippen LogP contribution in [0.5, 0.6) is 0 Å². The summed E-state index contributed by atoms with van der Waals surface area (Å²) in [6, 6.07) is 3.87. The first kappa shape index (κ1) is 12.2. The molecule has 0 bridgehead atoms. The SMILES string of the molecule is Cc1ccc(C(C)NC2CCCCNC2=O)o1. The van der Waals surface area contributed by atoms with Gasteiger partial charge in [0, 0.05) is 6.54 Å². The molecule has 2 unspecified atom stereocenters. The van der Waals surface area contributed by atoms with Crippen LogP contribution in [0.25, 0.3) is 0 Å². The van der Waals surface area contributed by atoms with Crippen molar-refractivity contribution in [3.63, 3.8) is 0 Å². The molecule has 0 aromatic carbocycles. The normalized spacial score (nSPS) is 22.9. The van der Waals surface area contributed by atoms with Crippen LogP contribution in [-0.4, -0.2) is 18.5 Å². The van der Waals surface area contributed by atoms with Crippen LogP contribution in [0.4, 0.5) is 0 Å². The molecule has 4 heteroatoms. The molecule has 1 aromatic rings. The Morgan fingerprint density at radius 2 is 2.29 bits per heavy atom. The van der Waals surface area contributed by atoms with Crippen LogP contribution in [0, 0.1) is 6.92 Å². The van der Waals surface area contributed by atoms with Gasteiger partial charge in [-0.05, 0) is 45.2 Å². The van der Waals surface area contributed by atoms with Gasteiger partial charge in [-0.2, -0.15) is 0 Å². The van der Waals surface area contributed by atoms with Gasteiger partial charge in [0.25, 0.3) is 0 Å². The first-order valence-corrected chi connectivity index (χ1v) is 6.27. The highest BCUT2D eigenvalue weighted by molar-refractivity contribution is 5.81. The third kappa shape index (κ3) is 3.09. The molecule has 17 heavy (non-hydrogen) atoms. The summed E-state index contributed by atoms with van der Waals surface area (Å²) >= 11 is 0.